The average molecular weight is 491 g/mol. The average Bonchev–Trinajstić information content (AvgIpc) is 3.51. The highest BCUT2D eigenvalue weighted by Gasteiger charge is 2.46. The first-order chi connectivity index (χ1) is 17.4. The van der Waals surface area contributed by atoms with Crippen LogP contribution in [0, 0.1) is 31.4 Å². The molecule has 2 aliphatic rings. The summed E-state index contributed by atoms with van der Waals surface area (Å²) in [6, 6.07) is 9.94. The van der Waals surface area contributed by atoms with Crippen LogP contribution < -0.4 is 4.90 Å². The van der Waals surface area contributed by atoms with Crippen LogP contribution in [0.5, 0.6) is 0 Å². The minimum atomic E-state index is -0.564. The van der Waals surface area contributed by atoms with E-state index in [2.05, 4.69) is 15.2 Å². The smallest absolute Gasteiger partial charge is 0.298 e. The Hall–Kier alpha value is -4.08. The normalized spacial score (nSPS) is 19.2. The van der Waals surface area contributed by atoms with Crippen molar-refractivity contribution in [3.63, 3.8) is 0 Å². The molecule has 2 aromatic heterocycles. The Morgan fingerprint density at radius 1 is 1.08 bits per heavy atom. The zero-order chi connectivity index (χ0) is 25.0. The molecule has 1 amide bonds. The molecule has 8 nitrogen and oxygen atoms in total. The Balaban J connectivity index is 1.26. The Morgan fingerprint density at radius 3 is 2.67 bits per heavy atom. The first kappa shape index (κ1) is 22.4. The number of hydrogen-bond acceptors (Lipinski definition) is 6. The molecule has 36 heavy (non-hydrogen) atoms. The van der Waals surface area contributed by atoms with Crippen molar-refractivity contribution < 1.29 is 18.0 Å². The summed E-state index contributed by atoms with van der Waals surface area (Å²) in [6.45, 7) is 5.17. The fourth-order valence-corrected chi connectivity index (χ4v) is 5.14. The van der Waals surface area contributed by atoms with E-state index in [0.29, 0.717) is 53.3 Å². The lowest BCUT2D eigenvalue weighted by atomic mass is 9.82. The lowest BCUT2D eigenvalue weighted by Crippen LogP contribution is -2.65. The minimum absolute atomic E-state index is 0.000239. The summed E-state index contributed by atoms with van der Waals surface area (Å²) in [5, 5.41) is 8.18. The standard InChI is InChI=1S/C26H24F2N6O2/c1-15-6-7-20(34-29-9-10-30-34)22(23(15)28)25(35)32-11-8-18-13-33(21(18)14-32)26-31-16(2)24(36-26)17-4-3-5-19(27)12-17/h3-7,9-10,12,18,21H,8,11,13-14H2,1-2H3/t18-,21+/m0/s1. The van der Waals surface area contributed by atoms with E-state index in [1.165, 1.54) is 29.3 Å². The van der Waals surface area contributed by atoms with Crippen LogP contribution in [0.3, 0.4) is 0 Å². The third-order valence-corrected chi connectivity index (χ3v) is 7.12. The van der Waals surface area contributed by atoms with Crippen molar-refractivity contribution >= 4 is 11.9 Å². The Bertz CT molecular complexity index is 1450. The largest absolute Gasteiger partial charge is 0.423 e. The molecule has 2 atom stereocenters. The molecule has 2 saturated heterocycles. The third kappa shape index (κ3) is 3.64. The van der Waals surface area contributed by atoms with Gasteiger partial charge in [-0.05, 0) is 44.0 Å². The van der Waals surface area contributed by atoms with E-state index in [1.807, 2.05) is 11.8 Å². The molecule has 10 heteroatoms. The van der Waals surface area contributed by atoms with Gasteiger partial charge >= 0.3 is 0 Å². The second kappa shape index (κ2) is 8.54. The Labute approximate surface area is 206 Å². The molecular weight excluding hydrogens is 466 g/mol. The number of amides is 1. The highest BCUT2D eigenvalue weighted by Crippen LogP contribution is 2.39. The molecular formula is C26H24F2N6O2. The molecule has 2 fully saturated rings. The first-order valence-electron chi connectivity index (χ1n) is 11.9. The van der Waals surface area contributed by atoms with Gasteiger partial charge in [0.15, 0.2) is 5.76 Å². The Kier molecular flexibility index (Phi) is 5.31. The number of aromatic nitrogens is 4. The molecule has 184 valence electrons. The maximum absolute atomic E-state index is 15.2. The van der Waals surface area contributed by atoms with Crippen molar-refractivity contribution in [2.45, 2.75) is 26.3 Å². The maximum atomic E-state index is 15.2. The van der Waals surface area contributed by atoms with Crippen LogP contribution in [0.4, 0.5) is 14.8 Å². The SMILES string of the molecule is Cc1ccc(-n2nccn2)c(C(=O)N2CC[C@H]3CN(c4nc(C)c(-c5cccc(F)c5)o4)[C@@H]3C2)c1F. The predicted octanol–water partition coefficient (Wildman–Crippen LogP) is 4.17. The molecule has 2 aromatic carbocycles. The third-order valence-electron chi connectivity index (χ3n) is 7.12. The maximum Gasteiger partial charge on any atom is 0.298 e. The second-order valence-electron chi connectivity index (χ2n) is 9.35. The van der Waals surface area contributed by atoms with Crippen LogP contribution in [0.2, 0.25) is 0 Å². The molecule has 0 aliphatic carbocycles. The van der Waals surface area contributed by atoms with Crippen molar-refractivity contribution in [2.75, 3.05) is 24.5 Å². The number of carbonyl (C=O) groups is 1. The number of hydrogen-bond donors (Lipinski definition) is 0. The monoisotopic (exact) mass is 490 g/mol. The summed E-state index contributed by atoms with van der Waals surface area (Å²) in [7, 11) is 0. The van der Waals surface area contributed by atoms with Crippen LogP contribution in [0.25, 0.3) is 17.0 Å². The van der Waals surface area contributed by atoms with Gasteiger partial charge in [-0.2, -0.15) is 20.0 Å². The summed E-state index contributed by atoms with van der Waals surface area (Å²) < 4.78 is 35.0. The zero-order valence-corrected chi connectivity index (χ0v) is 19.9. The first-order valence-corrected chi connectivity index (χ1v) is 11.9. The van der Waals surface area contributed by atoms with Gasteiger partial charge in [-0.1, -0.05) is 18.2 Å². The van der Waals surface area contributed by atoms with E-state index in [-0.39, 0.29) is 17.4 Å². The molecule has 2 aliphatic heterocycles. The highest BCUT2D eigenvalue weighted by atomic mass is 19.1. The summed E-state index contributed by atoms with van der Waals surface area (Å²) in [4.78, 5) is 23.2. The number of carbonyl (C=O) groups excluding carboxylic acids is 1. The van der Waals surface area contributed by atoms with Gasteiger partial charge in [0.25, 0.3) is 11.9 Å². The number of rotatable bonds is 4. The van der Waals surface area contributed by atoms with Crippen LogP contribution in [-0.2, 0) is 0 Å². The minimum Gasteiger partial charge on any atom is -0.423 e. The number of piperidine rings is 1. The van der Waals surface area contributed by atoms with E-state index < -0.39 is 11.7 Å². The molecule has 0 bridgehead atoms. The topological polar surface area (TPSA) is 80.3 Å². The van der Waals surface area contributed by atoms with Gasteiger partial charge in [-0.3, -0.25) is 4.79 Å². The fraction of sp³-hybridized carbons (Fsp3) is 0.308. The number of oxazole rings is 1. The summed E-state index contributed by atoms with van der Waals surface area (Å²) in [5.74, 6) is -0.394. The van der Waals surface area contributed by atoms with Gasteiger partial charge in [0.2, 0.25) is 0 Å². The number of nitrogens with zero attached hydrogens (tertiary/aromatic N) is 6. The van der Waals surface area contributed by atoms with E-state index >= 15 is 4.39 Å². The van der Waals surface area contributed by atoms with Crippen molar-refractivity contribution in [3.8, 4) is 17.0 Å². The molecule has 6 rings (SSSR count). The van der Waals surface area contributed by atoms with Crippen molar-refractivity contribution in [1.82, 2.24) is 24.9 Å². The summed E-state index contributed by atoms with van der Waals surface area (Å²) >= 11 is 0. The lowest BCUT2D eigenvalue weighted by Gasteiger charge is -2.52. The van der Waals surface area contributed by atoms with Gasteiger partial charge in [0, 0.05) is 31.1 Å². The lowest BCUT2D eigenvalue weighted by molar-refractivity contribution is 0.0578. The van der Waals surface area contributed by atoms with Crippen LogP contribution in [0.1, 0.15) is 28.0 Å². The predicted molar refractivity (Wildman–Crippen MR) is 128 cm³/mol. The van der Waals surface area contributed by atoms with Gasteiger partial charge in [0.05, 0.1) is 24.1 Å². The highest BCUT2D eigenvalue weighted by molar-refractivity contribution is 5.98. The second-order valence-corrected chi connectivity index (χ2v) is 9.35. The van der Waals surface area contributed by atoms with Gasteiger partial charge in [-0.25, -0.2) is 8.78 Å². The number of aryl methyl sites for hydroxylation is 2. The van der Waals surface area contributed by atoms with Crippen LogP contribution >= 0.6 is 0 Å². The van der Waals surface area contributed by atoms with Crippen molar-refractivity contribution in [1.29, 1.82) is 0 Å². The number of likely N-dealkylation sites (tertiary alicyclic amines) is 1. The summed E-state index contributed by atoms with van der Waals surface area (Å²) in [5.41, 5.74) is 1.95. The molecule has 0 unspecified atom stereocenters. The summed E-state index contributed by atoms with van der Waals surface area (Å²) in [6.07, 6.45) is 3.77. The molecule has 4 heterocycles. The van der Waals surface area contributed by atoms with E-state index in [9.17, 15) is 9.18 Å². The molecule has 0 radical (unpaired) electrons. The zero-order valence-electron chi connectivity index (χ0n) is 19.9. The molecule has 0 spiro atoms. The number of halogens is 2. The molecule has 4 aromatic rings. The quantitative estimate of drug-likeness (QED) is 0.427. The van der Waals surface area contributed by atoms with E-state index in [0.717, 1.165) is 13.0 Å². The van der Waals surface area contributed by atoms with Crippen molar-refractivity contribution in [3.05, 3.63) is 77.2 Å². The number of benzene rings is 2. The Morgan fingerprint density at radius 2 is 1.89 bits per heavy atom. The van der Waals surface area contributed by atoms with E-state index in [1.54, 1.807) is 36.1 Å². The van der Waals surface area contributed by atoms with Crippen molar-refractivity contribution in [2.24, 2.45) is 5.92 Å². The van der Waals surface area contributed by atoms with Crippen LogP contribution in [-0.4, -0.2) is 56.5 Å². The fourth-order valence-electron chi connectivity index (χ4n) is 5.14. The van der Waals surface area contributed by atoms with E-state index in [4.69, 9.17) is 4.42 Å². The molecule has 0 N–H and O–H groups in total. The van der Waals surface area contributed by atoms with Gasteiger partial charge < -0.3 is 14.2 Å². The molecule has 0 saturated carbocycles. The van der Waals surface area contributed by atoms with Gasteiger partial charge in [-0.15, -0.1) is 0 Å². The number of anilines is 1. The van der Waals surface area contributed by atoms with Crippen LogP contribution in [0.15, 0.2) is 53.2 Å². The number of fused-ring (bicyclic) bond motifs is 1. The van der Waals surface area contributed by atoms with Gasteiger partial charge in [0.1, 0.15) is 22.9 Å².